The fourth-order valence-electron chi connectivity index (χ4n) is 1.74. The van der Waals surface area contributed by atoms with Crippen LogP contribution in [0.2, 0.25) is 0 Å². The Morgan fingerprint density at radius 3 is 2.92 bits per heavy atom. The minimum Gasteiger partial charge on any atom is -0.388 e. The molecule has 4 heteroatoms. The molecule has 0 bridgehead atoms. The second kappa shape index (κ2) is 3.64. The topological polar surface area (TPSA) is 47.9 Å². The van der Waals surface area contributed by atoms with Crippen LogP contribution in [0, 0.1) is 12.3 Å². The third-order valence-electron chi connectivity index (χ3n) is 2.36. The maximum absolute atomic E-state index is 9.40. The quantitative estimate of drug-likeness (QED) is 0.569. The van der Waals surface area contributed by atoms with E-state index in [0.29, 0.717) is 13.2 Å². The highest BCUT2D eigenvalue weighted by atomic mass is 16.6. The van der Waals surface area contributed by atoms with E-state index in [1.54, 1.807) is 0 Å². The molecule has 2 aliphatic rings. The summed E-state index contributed by atoms with van der Waals surface area (Å²) in [6.07, 6.45) is 4.03. The summed E-state index contributed by atoms with van der Waals surface area (Å²) in [6, 6.07) is 0. The van der Waals surface area contributed by atoms with Crippen molar-refractivity contribution < 1.29 is 19.3 Å². The molecule has 4 atom stereocenters. The van der Waals surface area contributed by atoms with E-state index < -0.39 is 6.10 Å². The molecule has 0 aromatic heterocycles. The van der Waals surface area contributed by atoms with E-state index in [1.807, 2.05) is 0 Å². The number of aliphatic hydroxyl groups excluding tert-OH is 1. The zero-order valence-electron chi connectivity index (χ0n) is 7.18. The maximum atomic E-state index is 9.40. The average Bonchev–Trinajstić information content (AvgIpc) is 2.67. The van der Waals surface area contributed by atoms with E-state index in [0.717, 1.165) is 0 Å². The first kappa shape index (κ1) is 8.97. The Labute approximate surface area is 76.8 Å². The summed E-state index contributed by atoms with van der Waals surface area (Å²) in [5, 5.41) is 9.40. The summed E-state index contributed by atoms with van der Waals surface area (Å²) in [4.78, 5) is 0. The number of fused-ring (bicyclic) bond motifs is 1. The molecule has 1 N–H and O–H groups in total. The lowest BCUT2D eigenvalue weighted by Crippen LogP contribution is -2.32. The minimum absolute atomic E-state index is 0.127. The number of hydrogen-bond donors (Lipinski definition) is 1. The second-order valence-corrected chi connectivity index (χ2v) is 3.22. The molecule has 2 heterocycles. The summed E-state index contributed by atoms with van der Waals surface area (Å²) < 4.78 is 16.0. The monoisotopic (exact) mass is 184 g/mol. The molecule has 13 heavy (non-hydrogen) atoms. The van der Waals surface area contributed by atoms with Crippen molar-refractivity contribution in [3.63, 3.8) is 0 Å². The fraction of sp³-hybridized carbons (Fsp3) is 0.778. The first-order valence-corrected chi connectivity index (χ1v) is 4.29. The molecule has 0 spiro atoms. The van der Waals surface area contributed by atoms with Gasteiger partial charge in [-0.05, 0) is 0 Å². The van der Waals surface area contributed by atoms with E-state index >= 15 is 0 Å². The van der Waals surface area contributed by atoms with Crippen molar-refractivity contribution in [2.45, 2.75) is 24.4 Å². The molecule has 0 aromatic rings. The molecule has 0 saturated carbocycles. The Morgan fingerprint density at radius 1 is 1.38 bits per heavy atom. The number of terminal acetylenes is 1. The van der Waals surface area contributed by atoms with Crippen LogP contribution in [0.15, 0.2) is 0 Å². The van der Waals surface area contributed by atoms with Crippen LogP contribution in [-0.2, 0) is 14.2 Å². The van der Waals surface area contributed by atoms with E-state index in [1.165, 1.54) is 0 Å². The third-order valence-corrected chi connectivity index (χ3v) is 2.36. The van der Waals surface area contributed by atoms with Gasteiger partial charge in [0, 0.05) is 0 Å². The van der Waals surface area contributed by atoms with Gasteiger partial charge < -0.3 is 19.3 Å². The van der Waals surface area contributed by atoms with Crippen LogP contribution in [0.1, 0.15) is 0 Å². The van der Waals surface area contributed by atoms with Crippen LogP contribution in [-0.4, -0.2) is 49.3 Å². The lowest BCUT2D eigenvalue weighted by molar-refractivity contribution is -0.0264. The van der Waals surface area contributed by atoms with Crippen LogP contribution < -0.4 is 0 Å². The zero-order valence-corrected chi connectivity index (χ0v) is 7.18. The minimum atomic E-state index is -0.524. The molecule has 0 unspecified atom stereocenters. The standard InChI is InChI=1S/C9H12O4/c1-2-3-11-7-5-13-8-6(10)4-12-9(7)8/h1,6-10H,3-5H2/t6-,7+,8-,9+/m1/s1. The van der Waals surface area contributed by atoms with Gasteiger partial charge in [-0.25, -0.2) is 0 Å². The van der Waals surface area contributed by atoms with Crippen LogP contribution in [0.3, 0.4) is 0 Å². The number of aliphatic hydroxyl groups is 1. The maximum Gasteiger partial charge on any atom is 0.115 e. The van der Waals surface area contributed by atoms with Gasteiger partial charge in [-0.15, -0.1) is 6.42 Å². The van der Waals surface area contributed by atoms with Crippen molar-refractivity contribution in [3.8, 4) is 12.3 Å². The van der Waals surface area contributed by atoms with Gasteiger partial charge in [-0.2, -0.15) is 0 Å². The smallest absolute Gasteiger partial charge is 0.115 e. The van der Waals surface area contributed by atoms with Crippen LogP contribution >= 0.6 is 0 Å². The molecule has 4 nitrogen and oxygen atoms in total. The van der Waals surface area contributed by atoms with Gasteiger partial charge in [0.1, 0.15) is 31.0 Å². The predicted octanol–water partition coefficient (Wildman–Crippen LogP) is -0.837. The zero-order chi connectivity index (χ0) is 9.26. The normalized spacial score (nSPS) is 43.1. The molecule has 72 valence electrons. The van der Waals surface area contributed by atoms with Crippen molar-refractivity contribution in [1.29, 1.82) is 0 Å². The van der Waals surface area contributed by atoms with Gasteiger partial charge >= 0.3 is 0 Å². The number of rotatable bonds is 2. The Kier molecular flexibility index (Phi) is 2.51. The highest BCUT2D eigenvalue weighted by molar-refractivity contribution is 4.96. The summed E-state index contributed by atoms with van der Waals surface area (Å²) in [5.41, 5.74) is 0. The van der Waals surface area contributed by atoms with Crippen molar-refractivity contribution in [1.82, 2.24) is 0 Å². The van der Waals surface area contributed by atoms with E-state index in [4.69, 9.17) is 20.6 Å². The van der Waals surface area contributed by atoms with Crippen molar-refractivity contribution in [2.75, 3.05) is 19.8 Å². The number of hydrogen-bond acceptors (Lipinski definition) is 4. The molecule has 2 aliphatic heterocycles. The van der Waals surface area contributed by atoms with Crippen LogP contribution in [0.5, 0.6) is 0 Å². The van der Waals surface area contributed by atoms with Crippen LogP contribution in [0.4, 0.5) is 0 Å². The Balaban J connectivity index is 1.91. The largest absolute Gasteiger partial charge is 0.388 e. The Hall–Kier alpha value is -0.600. The summed E-state index contributed by atoms with van der Waals surface area (Å²) >= 11 is 0. The van der Waals surface area contributed by atoms with Gasteiger partial charge in [0.05, 0.1) is 13.2 Å². The first-order valence-electron chi connectivity index (χ1n) is 4.29. The molecular formula is C9H12O4. The van der Waals surface area contributed by atoms with Gasteiger partial charge in [0.15, 0.2) is 0 Å². The van der Waals surface area contributed by atoms with Gasteiger partial charge in [-0.3, -0.25) is 0 Å². The molecular weight excluding hydrogens is 172 g/mol. The van der Waals surface area contributed by atoms with Crippen molar-refractivity contribution >= 4 is 0 Å². The van der Waals surface area contributed by atoms with E-state index in [9.17, 15) is 5.11 Å². The first-order chi connectivity index (χ1) is 6.33. The van der Waals surface area contributed by atoms with Gasteiger partial charge in [0.25, 0.3) is 0 Å². The lowest BCUT2D eigenvalue weighted by atomic mass is 10.1. The van der Waals surface area contributed by atoms with E-state index in [-0.39, 0.29) is 24.9 Å². The van der Waals surface area contributed by atoms with Gasteiger partial charge in [-0.1, -0.05) is 5.92 Å². The van der Waals surface area contributed by atoms with Gasteiger partial charge in [0.2, 0.25) is 0 Å². The highest BCUT2D eigenvalue weighted by Gasteiger charge is 2.47. The highest BCUT2D eigenvalue weighted by Crippen LogP contribution is 2.28. The molecule has 0 aliphatic carbocycles. The molecule has 2 rings (SSSR count). The predicted molar refractivity (Wildman–Crippen MR) is 44.1 cm³/mol. The third kappa shape index (κ3) is 1.56. The summed E-state index contributed by atoms with van der Waals surface area (Å²) in [6.45, 7) is 1.04. The fourth-order valence-corrected chi connectivity index (χ4v) is 1.74. The van der Waals surface area contributed by atoms with E-state index in [2.05, 4.69) is 5.92 Å². The molecule has 0 aromatic carbocycles. The Morgan fingerprint density at radius 2 is 2.15 bits per heavy atom. The van der Waals surface area contributed by atoms with Crippen molar-refractivity contribution in [3.05, 3.63) is 0 Å². The average molecular weight is 184 g/mol. The van der Waals surface area contributed by atoms with Crippen LogP contribution in [0.25, 0.3) is 0 Å². The lowest BCUT2D eigenvalue weighted by Gasteiger charge is -2.14. The molecule has 2 fully saturated rings. The molecule has 0 radical (unpaired) electrons. The number of ether oxygens (including phenoxy) is 3. The molecule has 2 saturated heterocycles. The summed E-state index contributed by atoms with van der Waals surface area (Å²) in [7, 11) is 0. The second-order valence-electron chi connectivity index (χ2n) is 3.22. The van der Waals surface area contributed by atoms with Crippen molar-refractivity contribution in [2.24, 2.45) is 0 Å². The Bertz CT molecular complexity index is 222. The molecule has 0 amide bonds. The SMILES string of the molecule is C#CCO[C@H]1CO[C@H]2[C@H]1OC[C@H]2O. The summed E-state index contributed by atoms with van der Waals surface area (Å²) in [5.74, 6) is 2.39.